The number of aryl methyl sites for hydroxylation is 1. The lowest BCUT2D eigenvalue weighted by molar-refractivity contribution is -0.142. The second-order valence-electron chi connectivity index (χ2n) is 6.66. The standard InChI is InChI=1S/C23H18O6/c1-13-9-16(28-12-22(26)27-2)5-8-17(13)23-18-6-3-14(24)10-20(18)29-21-11-15(25)4-7-19(21)23/h3-11,24H,12H2,1-2H3. The van der Waals surface area contributed by atoms with Crippen LogP contribution < -0.4 is 10.2 Å². The molecule has 0 atom stereocenters. The highest BCUT2D eigenvalue weighted by atomic mass is 16.6. The maximum absolute atomic E-state index is 11.8. The molecule has 2 aromatic rings. The van der Waals surface area contributed by atoms with E-state index in [-0.39, 0.29) is 17.8 Å². The second kappa shape index (κ2) is 7.31. The number of fused-ring (bicyclic) bond motifs is 2. The fraction of sp³-hybridized carbons (Fsp3) is 0.130. The van der Waals surface area contributed by atoms with Gasteiger partial charge in [-0.2, -0.15) is 0 Å². The topological polar surface area (TPSA) is 86.0 Å². The second-order valence-corrected chi connectivity index (χ2v) is 6.66. The fourth-order valence-electron chi connectivity index (χ4n) is 3.36. The molecule has 0 aromatic heterocycles. The lowest BCUT2D eigenvalue weighted by Crippen LogP contribution is -2.12. The summed E-state index contributed by atoms with van der Waals surface area (Å²) in [6, 6.07) is 15.1. The van der Waals surface area contributed by atoms with Crippen LogP contribution in [0.15, 0.2) is 63.8 Å². The molecule has 0 fully saturated rings. The van der Waals surface area contributed by atoms with Gasteiger partial charge in [0.25, 0.3) is 0 Å². The molecule has 0 saturated carbocycles. The minimum Gasteiger partial charge on any atom is -0.508 e. The number of phenols is 1. The minimum atomic E-state index is -0.457. The van der Waals surface area contributed by atoms with Crippen molar-refractivity contribution < 1.29 is 23.8 Å². The Morgan fingerprint density at radius 3 is 2.59 bits per heavy atom. The molecule has 1 N–H and O–H groups in total. The molecule has 1 aliphatic carbocycles. The Bertz CT molecular complexity index is 1250. The summed E-state index contributed by atoms with van der Waals surface area (Å²) in [6.07, 6.45) is 0. The van der Waals surface area contributed by atoms with E-state index in [0.717, 1.165) is 27.6 Å². The van der Waals surface area contributed by atoms with Gasteiger partial charge in [-0.15, -0.1) is 0 Å². The third-order valence-electron chi connectivity index (χ3n) is 4.73. The molecule has 0 unspecified atom stereocenters. The number of ether oxygens (including phenoxy) is 2. The smallest absolute Gasteiger partial charge is 0.343 e. The zero-order valence-electron chi connectivity index (χ0n) is 15.9. The lowest BCUT2D eigenvalue weighted by Gasteiger charge is -2.17. The Kier molecular flexibility index (Phi) is 4.68. The molecule has 2 aliphatic rings. The third-order valence-corrected chi connectivity index (χ3v) is 4.73. The van der Waals surface area contributed by atoms with Crippen molar-refractivity contribution in [3.63, 3.8) is 0 Å². The largest absolute Gasteiger partial charge is 0.508 e. The predicted molar refractivity (Wildman–Crippen MR) is 108 cm³/mol. The predicted octanol–water partition coefficient (Wildman–Crippen LogP) is 4.13. The van der Waals surface area contributed by atoms with Gasteiger partial charge in [-0.05, 0) is 54.4 Å². The summed E-state index contributed by atoms with van der Waals surface area (Å²) in [5.41, 5.74) is 3.83. The van der Waals surface area contributed by atoms with Gasteiger partial charge >= 0.3 is 5.97 Å². The van der Waals surface area contributed by atoms with Crippen molar-refractivity contribution in [2.75, 3.05) is 13.7 Å². The number of esters is 1. The minimum absolute atomic E-state index is 0.0770. The van der Waals surface area contributed by atoms with Crippen LogP contribution in [0.2, 0.25) is 0 Å². The van der Waals surface area contributed by atoms with Crippen LogP contribution >= 0.6 is 0 Å². The first kappa shape index (κ1) is 18.6. The van der Waals surface area contributed by atoms with E-state index in [0.29, 0.717) is 17.1 Å². The normalized spacial score (nSPS) is 11.0. The number of carbonyl (C=O) groups excluding carboxylic acids is 1. The fourth-order valence-corrected chi connectivity index (χ4v) is 3.36. The van der Waals surface area contributed by atoms with Crippen molar-refractivity contribution in [1.29, 1.82) is 0 Å². The van der Waals surface area contributed by atoms with E-state index in [2.05, 4.69) is 4.74 Å². The molecule has 0 amide bonds. The summed E-state index contributed by atoms with van der Waals surface area (Å²) in [5, 5.41) is 10.7. The number of phenolic OH excluding ortho intramolecular Hbond substituents is 1. The van der Waals surface area contributed by atoms with Crippen LogP contribution in [0, 0.1) is 6.92 Å². The van der Waals surface area contributed by atoms with Crippen LogP contribution in [0.25, 0.3) is 33.4 Å². The molecule has 146 valence electrons. The molecule has 0 bridgehead atoms. The molecule has 0 saturated heterocycles. The van der Waals surface area contributed by atoms with E-state index < -0.39 is 5.97 Å². The molecule has 0 spiro atoms. The van der Waals surface area contributed by atoms with E-state index in [4.69, 9.17) is 9.15 Å². The van der Waals surface area contributed by atoms with Crippen molar-refractivity contribution in [2.24, 2.45) is 0 Å². The van der Waals surface area contributed by atoms with Crippen LogP contribution in [0.4, 0.5) is 0 Å². The van der Waals surface area contributed by atoms with Gasteiger partial charge < -0.3 is 19.0 Å². The van der Waals surface area contributed by atoms with Crippen molar-refractivity contribution >= 4 is 16.9 Å². The molecule has 6 heteroatoms. The molecule has 0 radical (unpaired) electrons. The van der Waals surface area contributed by atoms with Gasteiger partial charge in [0, 0.05) is 28.6 Å². The first-order chi connectivity index (χ1) is 14.0. The monoisotopic (exact) mass is 390 g/mol. The highest BCUT2D eigenvalue weighted by molar-refractivity contribution is 6.02. The van der Waals surface area contributed by atoms with E-state index in [1.54, 1.807) is 24.3 Å². The van der Waals surface area contributed by atoms with Gasteiger partial charge in [-0.3, -0.25) is 4.79 Å². The maximum Gasteiger partial charge on any atom is 0.343 e. The summed E-state index contributed by atoms with van der Waals surface area (Å²) < 4.78 is 15.9. The SMILES string of the molecule is COC(=O)COc1ccc(-c2c3ccc(=O)cc-3oc3cc(O)ccc23)c(C)c1. The average Bonchev–Trinajstić information content (AvgIpc) is 2.70. The Morgan fingerprint density at radius 1 is 1.03 bits per heavy atom. The van der Waals surface area contributed by atoms with E-state index >= 15 is 0 Å². The molecule has 4 rings (SSSR count). The number of carbonyl (C=O) groups is 1. The Labute approximate surface area is 166 Å². The van der Waals surface area contributed by atoms with Gasteiger partial charge in [-0.1, -0.05) is 6.07 Å². The van der Waals surface area contributed by atoms with Gasteiger partial charge in [0.2, 0.25) is 0 Å². The molecule has 2 aromatic carbocycles. The Balaban J connectivity index is 1.90. The number of aromatic hydroxyl groups is 1. The van der Waals surface area contributed by atoms with Crippen molar-refractivity contribution in [3.05, 3.63) is 70.4 Å². The molecule has 1 aliphatic heterocycles. The van der Waals surface area contributed by atoms with E-state index in [9.17, 15) is 14.7 Å². The molecular formula is C23H18O6. The first-order valence-corrected chi connectivity index (χ1v) is 8.96. The summed E-state index contributed by atoms with van der Waals surface area (Å²) >= 11 is 0. The maximum atomic E-state index is 11.8. The molecule has 1 heterocycles. The summed E-state index contributed by atoms with van der Waals surface area (Å²) in [7, 11) is 1.31. The lowest BCUT2D eigenvalue weighted by atomic mass is 9.91. The molecule has 6 nitrogen and oxygen atoms in total. The quantitative estimate of drug-likeness (QED) is 0.417. The van der Waals surface area contributed by atoms with Gasteiger partial charge in [-0.25, -0.2) is 4.79 Å². The first-order valence-electron chi connectivity index (χ1n) is 8.96. The van der Waals surface area contributed by atoms with Crippen LogP contribution in [0.1, 0.15) is 5.56 Å². The zero-order valence-corrected chi connectivity index (χ0v) is 15.9. The van der Waals surface area contributed by atoms with Crippen LogP contribution in [0.3, 0.4) is 0 Å². The van der Waals surface area contributed by atoms with Gasteiger partial charge in [0.1, 0.15) is 22.8 Å². The number of rotatable bonds is 4. The van der Waals surface area contributed by atoms with Crippen molar-refractivity contribution in [2.45, 2.75) is 6.92 Å². The summed E-state index contributed by atoms with van der Waals surface area (Å²) in [6.45, 7) is 1.77. The Morgan fingerprint density at radius 2 is 1.83 bits per heavy atom. The highest BCUT2D eigenvalue weighted by Crippen LogP contribution is 2.42. The summed E-state index contributed by atoms with van der Waals surface area (Å²) in [5.74, 6) is 0.608. The van der Waals surface area contributed by atoms with Crippen molar-refractivity contribution in [1.82, 2.24) is 0 Å². The number of benzene rings is 3. The molecular weight excluding hydrogens is 372 g/mol. The van der Waals surface area contributed by atoms with E-state index in [1.165, 1.54) is 25.3 Å². The van der Waals surface area contributed by atoms with Gasteiger partial charge in [0.05, 0.1) is 7.11 Å². The number of hydrogen-bond acceptors (Lipinski definition) is 6. The van der Waals surface area contributed by atoms with Crippen molar-refractivity contribution in [3.8, 4) is 33.9 Å². The number of methoxy groups -OCH3 is 1. The van der Waals surface area contributed by atoms with Gasteiger partial charge in [0.15, 0.2) is 12.0 Å². The van der Waals surface area contributed by atoms with Crippen LogP contribution in [-0.4, -0.2) is 24.8 Å². The Hall–Kier alpha value is -3.80. The number of hydrogen-bond donors (Lipinski definition) is 1. The highest BCUT2D eigenvalue weighted by Gasteiger charge is 2.19. The van der Waals surface area contributed by atoms with E-state index in [1.807, 2.05) is 19.1 Å². The molecule has 29 heavy (non-hydrogen) atoms. The average molecular weight is 390 g/mol. The van der Waals surface area contributed by atoms with Crippen LogP contribution in [0.5, 0.6) is 11.5 Å². The zero-order chi connectivity index (χ0) is 20.5. The third kappa shape index (κ3) is 3.52. The van der Waals surface area contributed by atoms with Crippen LogP contribution in [-0.2, 0) is 9.53 Å². The summed E-state index contributed by atoms with van der Waals surface area (Å²) in [4.78, 5) is 23.1.